The lowest BCUT2D eigenvalue weighted by Crippen LogP contribution is -2.24. The molecular weight excluding hydrogens is 266 g/mol. The fourth-order valence-corrected chi connectivity index (χ4v) is 3.26. The maximum absolute atomic E-state index is 13.1. The third-order valence-corrected chi connectivity index (χ3v) is 4.28. The molecule has 1 saturated heterocycles. The first-order valence-electron chi connectivity index (χ1n) is 5.66. The summed E-state index contributed by atoms with van der Waals surface area (Å²) in [6, 6.07) is 3.50. The number of halogens is 4. The minimum Gasteiger partial charge on any atom is -0.298 e. The van der Waals surface area contributed by atoms with Crippen molar-refractivity contribution in [2.75, 3.05) is 5.75 Å². The number of nitrogens with one attached hydrogen (secondary N) is 1. The van der Waals surface area contributed by atoms with Gasteiger partial charge < -0.3 is 0 Å². The molecule has 0 bridgehead atoms. The van der Waals surface area contributed by atoms with E-state index in [0.717, 1.165) is 24.3 Å². The smallest absolute Gasteiger partial charge is 0.298 e. The van der Waals surface area contributed by atoms with Crippen molar-refractivity contribution in [2.45, 2.75) is 30.9 Å². The summed E-state index contributed by atoms with van der Waals surface area (Å²) < 4.78 is 50.9. The summed E-state index contributed by atoms with van der Waals surface area (Å²) in [5, 5.41) is 3.04. The van der Waals surface area contributed by atoms with E-state index >= 15 is 0 Å². The number of benzene rings is 1. The summed E-state index contributed by atoms with van der Waals surface area (Å²) in [5.41, 5.74) is -0.716. The second-order valence-corrected chi connectivity index (χ2v) is 5.36. The Morgan fingerprint density at radius 3 is 2.67 bits per heavy atom. The molecule has 0 radical (unpaired) electrons. The van der Waals surface area contributed by atoms with Gasteiger partial charge in [-0.2, -0.15) is 13.2 Å². The molecule has 0 aliphatic carbocycles. The van der Waals surface area contributed by atoms with Crippen molar-refractivity contribution in [3.05, 3.63) is 35.1 Å². The first kappa shape index (κ1) is 13.7. The molecule has 6 heteroatoms. The summed E-state index contributed by atoms with van der Waals surface area (Å²) in [5.74, 6) is -0.360. The van der Waals surface area contributed by atoms with Crippen molar-refractivity contribution >= 4 is 11.8 Å². The lowest BCUT2D eigenvalue weighted by atomic mass is 10.1. The van der Waals surface area contributed by atoms with Gasteiger partial charge in [0.15, 0.2) is 0 Å². The summed E-state index contributed by atoms with van der Waals surface area (Å²) in [7, 11) is 0. The van der Waals surface area contributed by atoms with Gasteiger partial charge in [-0.15, -0.1) is 11.8 Å². The van der Waals surface area contributed by atoms with E-state index in [0.29, 0.717) is 11.6 Å². The first-order chi connectivity index (χ1) is 8.41. The summed E-state index contributed by atoms with van der Waals surface area (Å²) in [6.45, 7) is 2.02. The average Bonchev–Trinajstić information content (AvgIpc) is 2.76. The number of hydrogen-bond acceptors (Lipinski definition) is 2. The van der Waals surface area contributed by atoms with Crippen LogP contribution in [0.15, 0.2) is 18.2 Å². The molecule has 1 nitrogen and oxygen atoms in total. The minimum atomic E-state index is -4.65. The average molecular weight is 279 g/mol. The molecular formula is C12H13F4NS. The normalized spacial score (nSPS) is 24.5. The molecule has 0 amide bonds. The minimum absolute atomic E-state index is 0.184. The van der Waals surface area contributed by atoms with Crippen LogP contribution < -0.4 is 5.32 Å². The van der Waals surface area contributed by atoms with E-state index in [4.69, 9.17) is 0 Å². The van der Waals surface area contributed by atoms with Crippen LogP contribution in [0.5, 0.6) is 0 Å². The van der Waals surface area contributed by atoms with Gasteiger partial charge in [0.2, 0.25) is 0 Å². The van der Waals surface area contributed by atoms with Gasteiger partial charge in [0.1, 0.15) is 5.82 Å². The molecule has 1 aromatic carbocycles. The maximum atomic E-state index is 13.1. The fourth-order valence-electron chi connectivity index (χ4n) is 1.87. The molecule has 1 aliphatic rings. The molecule has 0 spiro atoms. The van der Waals surface area contributed by atoms with E-state index in [-0.39, 0.29) is 5.37 Å². The third-order valence-electron chi connectivity index (χ3n) is 2.94. The van der Waals surface area contributed by atoms with E-state index < -0.39 is 17.6 Å². The highest BCUT2D eigenvalue weighted by Crippen LogP contribution is 2.37. The second kappa shape index (κ2) is 5.09. The third kappa shape index (κ3) is 2.80. The van der Waals surface area contributed by atoms with Crippen LogP contribution in [0, 0.1) is 5.82 Å². The van der Waals surface area contributed by atoms with Crippen LogP contribution in [0.4, 0.5) is 17.6 Å². The van der Waals surface area contributed by atoms with Crippen molar-refractivity contribution in [2.24, 2.45) is 0 Å². The molecule has 1 fully saturated rings. The van der Waals surface area contributed by atoms with Gasteiger partial charge in [0, 0.05) is 11.8 Å². The Morgan fingerprint density at radius 1 is 1.39 bits per heavy atom. The van der Waals surface area contributed by atoms with Crippen molar-refractivity contribution in [3.8, 4) is 0 Å². The van der Waals surface area contributed by atoms with Crippen LogP contribution in [-0.2, 0) is 6.18 Å². The Morgan fingerprint density at radius 2 is 2.11 bits per heavy atom. The molecule has 0 aromatic heterocycles. The molecule has 2 rings (SSSR count). The summed E-state index contributed by atoms with van der Waals surface area (Å²) >= 11 is 1.55. The molecule has 100 valence electrons. The van der Waals surface area contributed by atoms with E-state index in [1.807, 2.05) is 6.92 Å². The number of alkyl halides is 3. The van der Waals surface area contributed by atoms with Crippen LogP contribution >= 0.6 is 11.8 Å². The lowest BCUT2D eigenvalue weighted by Gasteiger charge is -2.15. The molecule has 2 unspecified atom stereocenters. The standard InChI is InChI=1S/C12H13F4NS/c1-2-8-6-18-11(17-8)7-3-4-10(13)9(5-7)12(14,15)16/h3-5,8,11,17H,2,6H2,1H3. The Hall–Kier alpha value is -0.750. The second-order valence-electron chi connectivity index (χ2n) is 4.22. The highest BCUT2D eigenvalue weighted by atomic mass is 32.2. The lowest BCUT2D eigenvalue weighted by molar-refractivity contribution is -0.140. The van der Waals surface area contributed by atoms with E-state index in [1.54, 1.807) is 11.8 Å². The molecule has 1 aromatic rings. The van der Waals surface area contributed by atoms with Crippen molar-refractivity contribution in [1.29, 1.82) is 0 Å². The Labute approximate surface area is 107 Å². The van der Waals surface area contributed by atoms with Crippen molar-refractivity contribution in [1.82, 2.24) is 5.32 Å². The quantitative estimate of drug-likeness (QED) is 0.822. The van der Waals surface area contributed by atoms with Gasteiger partial charge in [0.25, 0.3) is 0 Å². The van der Waals surface area contributed by atoms with Gasteiger partial charge in [-0.3, -0.25) is 5.32 Å². The summed E-state index contributed by atoms with van der Waals surface area (Å²) in [4.78, 5) is 0. The van der Waals surface area contributed by atoms with Crippen LogP contribution in [0.3, 0.4) is 0 Å². The Bertz CT molecular complexity index is 433. The Balaban J connectivity index is 2.25. The zero-order chi connectivity index (χ0) is 13.3. The number of hydrogen-bond donors (Lipinski definition) is 1. The van der Waals surface area contributed by atoms with Crippen molar-refractivity contribution < 1.29 is 17.6 Å². The topological polar surface area (TPSA) is 12.0 Å². The first-order valence-corrected chi connectivity index (χ1v) is 6.71. The number of thioether (sulfide) groups is 1. The van der Waals surface area contributed by atoms with Crippen LogP contribution in [-0.4, -0.2) is 11.8 Å². The molecule has 2 atom stereocenters. The Kier molecular flexibility index (Phi) is 3.87. The maximum Gasteiger partial charge on any atom is 0.419 e. The zero-order valence-electron chi connectivity index (χ0n) is 9.72. The van der Waals surface area contributed by atoms with Crippen LogP contribution in [0.25, 0.3) is 0 Å². The molecule has 18 heavy (non-hydrogen) atoms. The van der Waals surface area contributed by atoms with Gasteiger partial charge in [-0.25, -0.2) is 4.39 Å². The monoisotopic (exact) mass is 279 g/mol. The van der Waals surface area contributed by atoms with E-state index in [9.17, 15) is 17.6 Å². The number of rotatable bonds is 2. The van der Waals surface area contributed by atoms with Crippen LogP contribution in [0.1, 0.15) is 29.8 Å². The largest absolute Gasteiger partial charge is 0.419 e. The highest BCUT2D eigenvalue weighted by molar-refractivity contribution is 7.99. The zero-order valence-corrected chi connectivity index (χ0v) is 10.5. The fraction of sp³-hybridized carbons (Fsp3) is 0.500. The predicted octanol–water partition coefficient (Wildman–Crippen LogP) is 3.96. The van der Waals surface area contributed by atoms with Crippen LogP contribution in [0.2, 0.25) is 0 Å². The molecule has 1 N–H and O–H groups in total. The molecule has 1 heterocycles. The van der Waals surface area contributed by atoms with Gasteiger partial charge >= 0.3 is 6.18 Å². The van der Waals surface area contributed by atoms with Gasteiger partial charge in [-0.05, 0) is 24.1 Å². The van der Waals surface area contributed by atoms with Gasteiger partial charge in [0.05, 0.1) is 10.9 Å². The van der Waals surface area contributed by atoms with Gasteiger partial charge in [-0.1, -0.05) is 13.0 Å². The SMILES string of the molecule is CCC1CSC(c2ccc(F)c(C(F)(F)F)c2)N1. The predicted molar refractivity (Wildman–Crippen MR) is 63.8 cm³/mol. The molecule has 0 saturated carbocycles. The molecule has 1 aliphatic heterocycles. The highest BCUT2D eigenvalue weighted by Gasteiger charge is 2.35. The van der Waals surface area contributed by atoms with Crippen molar-refractivity contribution in [3.63, 3.8) is 0 Å². The summed E-state index contributed by atoms with van der Waals surface area (Å²) in [6.07, 6.45) is -3.72. The van der Waals surface area contributed by atoms with E-state index in [2.05, 4.69) is 5.32 Å². The van der Waals surface area contributed by atoms with E-state index in [1.165, 1.54) is 6.07 Å².